The van der Waals surface area contributed by atoms with Crippen molar-refractivity contribution in [1.82, 2.24) is 5.48 Å². The summed E-state index contributed by atoms with van der Waals surface area (Å²) < 4.78 is 44.7. The smallest absolute Gasteiger partial charge is 0.264 e. The van der Waals surface area contributed by atoms with Crippen LogP contribution in [-0.4, -0.2) is 25.7 Å². The molecule has 3 rings (SSSR count). The summed E-state index contributed by atoms with van der Waals surface area (Å²) in [5.41, 5.74) is 1.98. The van der Waals surface area contributed by atoms with E-state index < -0.39 is 29.8 Å². The van der Waals surface area contributed by atoms with E-state index in [0.29, 0.717) is 5.56 Å². The Hall–Kier alpha value is -1.11. The first-order chi connectivity index (χ1) is 8.65. The molecule has 6 heteroatoms. The highest BCUT2D eigenvalue weighted by atomic mass is 19.3. The molecule has 0 radical (unpaired) electrons. The van der Waals surface area contributed by atoms with Gasteiger partial charge < -0.3 is 9.57 Å². The molecule has 1 aromatic carbocycles. The second-order valence-corrected chi connectivity index (χ2v) is 4.58. The fraction of sp³-hybridized carbons (Fsp3) is 0.500. The lowest BCUT2D eigenvalue weighted by Gasteiger charge is -2.27. The monoisotopic (exact) mass is 259 g/mol. The van der Waals surface area contributed by atoms with Crippen molar-refractivity contribution in [3.8, 4) is 0 Å². The number of nitrogens with one attached hydrogen (secondary N) is 1. The Bertz CT molecular complexity index is 457. The van der Waals surface area contributed by atoms with Gasteiger partial charge in [0.05, 0.1) is 13.2 Å². The van der Waals surface area contributed by atoms with Crippen LogP contribution in [0.1, 0.15) is 5.56 Å². The van der Waals surface area contributed by atoms with E-state index in [-0.39, 0.29) is 13.2 Å². The van der Waals surface area contributed by atoms with E-state index in [4.69, 9.17) is 9.57 Å². The predicted octanol–water partition coefficient (Wildman–Crippen LogP) is 1.84. The number of hydrogen-bond donors (Lipinski definition) is 1. The van der Waals surface area contributed by atoms with Crippen LogP contribution in [0.5, 0.6) is 0 Å². The molecular formula is C12H12F3NO2. The van der Waals surface area contributed by atoms with Crippen LogP contribution in [0.3, 0.4) is 0 Å². The number of alkyl halides is 2. The SMILES string of the molecule is Fc1ccccc1C12COC(C(F)F)C1CON2. The zero-order valence-electron chi connectivity index (χ0n) is 9.41. The van der Waals surface area contributed by atoms with Crippen LogP contribution < -0.4 is 5.48 Å². The first-order valence-electron chi connectivity index (χ1n) is 5.69. The molecule has 0 spiro atoms. The molecule has 0 aliphatic carbocycles. The van der Waals surface area contributed by atoms with E-state index >= 15 is 0 Å². The van der Waals surface area contributed by atoms with Gasteiger partial charge in [0.2, 0.25) is 0 Å². The van der Waals surface area contributed by atoms with Gasteiger partial charge in [0.1, 0.15) is 17.5 Å². The molecule has 2 saturated heterocycles. The highest BCUT2D eigenvalue weighted by Crippen LogP contribution is 2.45. The van der Waals surface area contributed by atoms with Crippen LogP contribution in [0, 0.1) is 11.7 Å². The quantitative estimate of drug-likeness (QED) is 0.879. The molecule has 3 atom stereocenters. The Kier molecular flexibility index (Phi) is 2.80. The van der Waals surface area contributed by atoms with Gasteiger partial charge in [0, 0.05) is 11.5 Å². The number of hydroxylamine groups is 1. The van der Waals surface area contributed by atoms with Crippen LogP contribution >= 0.6 is 0 Å². The number of benzene rings is 1. The third kappa shape index (κ3) is 1.56. The number of ether oxygens (including phenoxy) is 1. The predicted molar refractivity (Wildman–Crippen MR) is 56.4 cm³/mol. The molecule has 1 aromatic rings. The number of halogens is 3. The zero-order chi connectivity index (χ0) is 12.8. The Morgan fingerprint density at radius 1 is 1.33 bits per heavy atom. The van der Waals surface area contributed by atoms with Crippen molar-refractivity contribution in [1.29, 1.82) is 0 Å². The van der Waals surface area contributed by atoms with Crippen LogP contribution in [0.25, 0.3) is 0 Å². The molecule has 3 nitrogen and oxygen atoms in total. The van der Waals surface area contributed by atoms with Gasteiger partial charge in [-0.2, -0.15) is 5.48 Å². The summed E-state index contributed by atoms with van der Waals surface area (Å²) in [5.74, 6) is -1.03. The van der Waals surface area contributed by atoms with Gasteiger partial charge in [-0.1, -0.05) is 18.2 Å². The first kappa shape index (κ1) is 12.0. The van der Waals surface area contributed by atoms with E-state index in [9.17, 15) is 13.2 Å². The molecular weight excluding hydrogens is 247 g/mol. The molecule has 0 saturated carbocycles. The fourth-order valence-electron chi connectivity index (χ4n) is 2.74. The minimum Gasteiger partial charge on any atom is -0.369 e. The molecule has 3 unspecified atom stereocenters. The summed E-state index contributed by atoms with van der Waals surface area (Å²) in [4.78, 5) is 5.07. The molecule has 2 heterocycles. The van der Waals surface area contributed by atoms with E-state index in [1.165, 1.54) is 6.07 Å². The highest BCUT2D eigenvalue weighted by molar-refractivity contribution is 5.30. The summed E-state index contributed by atoms with van der Waals surface area (Å²) >= 11 is 0. The second kappa shape index (κ2) is 4.22. The van der Waals surface area contributed by atoms with E-state index in [1.807, 2.05) is 0 Å². The van der Waals surface area contributed by atoms with Crippen molar-refractivity contribution < 1.29 is 22.7 Å². The van der Waals surface area contributed by atoms with Gasteiger partial charge in [-0.15, -0.1) is 0 Å². The minimum atomic E-state index is -2.60. The Morgan fingerprint density at radius 3 is 2.83 bits per heavy atom. The van der Waals surface area contributed by atoms with Crippen LogP contribution in [0.15, 0.2) is 24.3 Å². The third-order valence-electron chi connectivity index (χ3n) is 3.65. The maximum atomic E-state index is 13.9. The standard InChI is InChI=1S/C12H12F3NO2/c13-9-4-2-1-3-7(9)12-6-17-10(11(14)15)8(12)5-18-16-12/h1-4,8,10-11,16H,5-6H2. The Labute approximate surface area is 102 Å². The summed E-state index contributed by atoms with van der Waals surface area (Å²) in [6.45, 7) is 0.0664. The fourth-order valence-corrected chi connectivity index (χ4v) is 2.74. The van der Waals surface area contributed by atoms with E-state index in [2.05, 4.69) is 5.48 Å². The average molecular weight is 259 g/mol. The van der Waals surface area contributed by atoms with Crippen LogP contribution in [0.2, 0.25) is 0 Å². The van der Waals surface area contributed by atoms with Gasteiger partial charge in [-0.3, -0.25) is 0 Å². The van der Waals surface area contributed by atoms with Crippen molar-refractivity contribution >= 4 is 0 Å². The topological polar surface area (TPSA) is 30.5 Å². The van der Waals surface area contributed by atoms with Gasteiger partial charge in [-0.05, 0) is 6.07 Å². The zero-order valence-corrected chi connectivity index (χ0v) is 9.41. The maximum Gasteiger partial charge on any atom is 0.264 e. The molecule has 0 bridgehead atoms. The normalized spacial score (nSPS) is 35.1. The van der Waals surface area contributed by atoms with Gasteiger partial charge >= 0.3 is 0 Å². The van der Waals surface area contributed by atoms with Crippen molar-refractivity contribution in [2.45, 2.75) is 18.1 Å². The van der Waals surface area contributed by atoms with Gasteiger partial charge in [-0.25, -0.2) is 13.2 Å². The van der Waals surface area contributed by atoms with Crippen molar-refractivity contribution in [2.75, 3.05) is 13.2 Å². The van der Waals surface area contributed by atoms with Crippen LogP contribution in [-0.2, 0) is 15.1 Å². The lowest BCUT2D eigenvalue weighted by atomic mass is 9.79. The largest absolute Gasteiger partial charge is 0.369 e. The minimum absolute atomic E-state index is 0.0202. The summed E-state index contributed by atoms with van der Waals surface area (Å²) in [6, 6.07) is 6.10. The molecule has 2 aliphatic rings. The lowest BCUT2D eigenvalue weighted by molar-refractivity contribution is -0.0599. The molecule has 98 valence electrons. The number of rotatable bonds is 2. The summed E-state index contributed by atoms with van der Waals surface area (Å²) in [7, 11) is 0. The highest BCUT2D eigenvalue weighted by Gasteiger charge is 2.58. The van der Waals surface area contributed by atoms with E-state index in [0.717, 1.165) is 0 Å². The summed E-state index contributed by atoms with van der Waals surface area (Å²) in [6.07, 6.45) is -3.83. The van der Waals surface area contributed by atoms with Crippen molar-refractivity contribution in [3.05, 3.63) is 35.6 Å². The molecule has 0 amide bonds. The molecule has 2 aliphatic heterocycles. The molecule has 0 aromatic heterocycles. The third-order valence-corrected chi connectivity index (χ3v) is 3.65. The second-order valence-electron chi connectivity index (χ2n) is 4.58. The van der Waals surface area contributed by atoms with E-state index in [1.54, 1.807) is 18.2 Å². The van der Waals surface area contributed by atoms with Crippen molar-refractivity contribution in [2.24, 2.45) is 5.92 Å². The Morgan fingerprint density at radius 2 is 2.11 bits per heavy atom. The number of fused-ring (bicyclic) bond motifs is 1. The maximum absolute atomic E-state index is 13.9. The van der Waals surface area contributed by atoms with Gasteiger partial charge in [0.25, 0.3) is 6.43 Å². The van der Waals surface area contributed by atoms with Gasteiger partial charge in [0.15, 0.2) is 0 Å². The first-order valence-corrected chi connectivity index (χ1v) is 5.69. The number of hydrogen-bond acceptors (Lipinski definition) is 3. The molecule has 18 heavy (non-hydrogen) atoms. The Balaban J connectivity index is 2.02. The summed E-state index contributed by atoms with van der Waals surface area (Å²) in [5, 5.41) is 0. The van der Waals surface area contributed by atoms with Crippen LogP contribution in [0.4, 0.5) is 13.2 Å². The average Bonchev–Trinajstić information content (AvgIpc) is 2.87. The van der Waals surface area contributed by atoms with Crippen molar-refractivity contribution in [3.63, 3.8) is 0 Å². The molecule has 1 N–H and O–H groups in total. The molecule has 2 fully saturated rings. The lowest BCUT2D eigenvalue weighted by Crippen LogP contribution is -2.44.